The minimum absolute atomic E-state index is 0.00553. The van der Waals surface area contributed by atoms with Crippen molar-refractivity contribution in [1.82, 2.24) is 0 Å². The number of hydrogen-bond acceptors (Lipinski definition) is 7. The van der Waals surface area contributed by atoms with Crippen LogP contribution >= 0.6 is 0 Å². The van der Waals surface area contributed by atoms with Crippen molar-refractivity contribution in [2.75, 3.05) is 18.5 Å². The van der Waals surface area contributed by atoms with Crippen molar-refractivity contribution in [3.05, 3.63) is 82.1 Å². The van der Waals surface area contributed by atoms with E-state index in [-0.39, 0.29) is 35.4 Å². The molecule has 9 heteroatoms. The second-order valence-corrected chi connectivity index (χ2v) is 7.20. The number of non-ortho nitro benzene ring substituents is 1. The highest BCUT2D eigenvalue weighted by Crippen LogP contribution is 2.26. The fourth-order valence-electron chi connectivity index (χ4n) is 3.36. The van der Waals surface area contributed by atoms with Gasteiger partial charge in [0.15, 0.2) is 5.76 Å². The van der Waals surface area contributed by atoms with Gasteiger partial charge in [-0.25, -0.2) is 4.79 Å². The summed E-state index contributed by atoms with van der Waals surface area (Å²) in [5, 5.41) is 13.6. The van der Waals surface area contributed by atoms with Crippen LogP contribution in [0.5, 0.6) is 0 Å². The molecule has 1 aliphatic rings. The third-order valence-corrected chi connectivity index (χ3v) is 4.99. The van der Waals surface area contributed by atoms with Gasteiger partial charge in [0.05, 0.1) is 22.3 Å². The van der Waals surface area contributed by atoms with Gasteiger partial charge >= 0.3 is 5.97 Å². The van der Waals surface area contributed by atoms with Gasteiger partial charge in [-0.15, -0.1) is 0 Å². The Balaban J connectivity index is 1.46. The Morgan fingerprint density at radius 2 is 1.97 bits per heavy atom. The van der Waals surface area contributed by atoms with Crippen molar-refractivity contribution in [1.29, 1.82) is 0 Å². The first kappa shape index (κ1) is 21.3. The minimum atomic E-state index is -0.568. The Morgan fingerprint density at radius 1 is 1.12 bits per heavy atom. The summed E-state index contributed by atoms with van der Waals surface area (Å²) >= 11 is 0. The molecule has 1 atom stereocenters. The molecule has 2 heterocycles. The topological polar surface area (TPSA) is 121 Å². The Hall–Kier alpha value is -3.98. The third-order valence-electron chi connectivity index (χ3n) is 4.99. The first-order chi connectivity index (χ1) is 15.5. The number of carbonyl (C=O) groups excluding carboxylic acids is 2. The van der Waals surface area contributed by atoms with Crippen LogP contribution in [0.4, 0.5) is 11.4 Å². The minimum Gasteiger partial charge on any atom is -0.459 e. The smallest absolute Gasteiger partial charge is 0.340 e. The quantitative estimate of drug-likeness (QED) is 0.330. The summed E-state index contributed by atoms with van der Waals surface area (Å²) in [5.74, 6) is -0.827. The zero-order chi connectivity index (χ0) is 22.5. The number of rotatable bonds is 7. The van der Waals surface area contributed by atoms with Crippen LogP contribution in [-0.4, -0.2) is 36.1 Å². The molecule has 0 aliphatic carbocycles. The Morgan fingerprint density at radius 3 is 2.75 bits per heavy atom. The van der Waals surface area contributed by atoms with E-state index in [1.165, 1.54) is 24.3 Å². The van der Waals surface area contributed by atoms with E-state index in [4.69, 9.17) is 13.9 Å². The van der Waals surface area contributed by atoms with Crippen LogP contribution in [-0.2, 0) is 9.47 Å². The number of para-hydroxylation sites is 1. The molecule has 2 aromatic carbocycles. The number of amides is 1. The van der Waals surface area contributed by atoms with Crippen molar-refractivity contribution < 1.29 is 28.4 Å². The summed E-state index contributed by atoms with van der Waals surface area (Å²) < 4.78 is 16.4. The van der Waals surface area contributed by atoms with Gasteiger partial charge < -0.3 is 19.2 Å². The van der Waals surface area contributed by atoms with Gasteiger partial charge in [-0.2, -0.15) is 0 Å². The Labute approximate surface area is 183 Å². The van der Waals surface area contributed by atoms with Crippen LogP contribution in [0.1, 0.15) is 33.8 Å². The number of nitrogens with zero attached hydrogens (tertiary/aromatic N) is 1. The van der Waals surface area contributed by atoms with Gasteiger partial charge in [-0.3, -0.25) is 14.9 Å². The molecule has 0 saturated carbocycles. The van der Waals surface area contributed by atoms with Gasteiger partial charge in [0.2, 0.25) is 0 Å². The van der Waals surface area contributed by atoms with E-state index in [1.54, 1.807) is 36.4 Å². The average Bonchev–Trinajstić information content (AvgIpc) is 3.50. The monoisotopic (exact) mass is 436 g/mol. The summed E-state index contributed by atoms with van der Waals surface area (Å²) in [5.41, 5.74) is 0.879. The molecule has 4 rings (SSSR count). The van der Waals surface area contributed by atoms with Gasteiger partial charge in [0, 0.05) is 24.3 Å². The maximum atomic E-state index is 12.7. The zero-order valence-electron chi connectivity index (χ0n) is 17.0. The van der Waals surface area contributed by atoms with E-state index in [2.05, 4.69) is 5.32 Å². The number of carbonyl (C=O) groups is 2. The first-order valence-electron chi connectivity index (χ1n) is 10.0. The van der Waals surface area contributed by atoms with Crippen molar-refractivity contribution in [3.63, 3.8) is 0 Å². The SMILES string of the molecule is O=C(Nc1ccccc1C(=O)OCC1CCCO1)c1ccc(-c2cccc([N+](=O)[O-])c2)o1. The first-order valence-corrected chi connectivity index (χ1v) is 10.0. The molecule has 1 saturated heterocycles. The molecular weight excluding hydrogens is 416 g/mol. The molecule has 3 aromatic rings. The van der Waals surface area contributed by atoms with Gasteiger partial charge in [0.25, 0.3) is 11.6 Å². The maximum Gasteiger partial charge on any atom is 0.340 e. The van der Waals surface area contributed by atoms with Gasteiger partial charge in [-0.1, -0.05) is 24.3 Å². The summed E-state index contributed by atoms with van der Waals surface area (Å²) in [7, 11) is 0. The molecule has 32 heavy (non-hydrogen) atoms. The molecule has 1 aliphatic heterocycles. The lowest BCUT2D eigenvalue weighted by Crippen LogP contribution is -2.20. The van der Waals surface area contributed by atoms with E-state index in [0.717, 1.165) is 12.8 Å². The van der Waals surface area contributed by atoms with E-state index < -0.39 is 16.8 Å². The molecule has 0 bridgehead atoms. The van der Waals surface area contributed by atoms with Crippen LogP contribution in [0.3, 0.4) is 0 Å². The standard InChI is InChI=1S/C23H20N2O7/c26-22(21-11-10-20(32-21)15-5-3-6-16(13-15)25(28)29)24-19-9-2-1-8-18(19)23(27)31-14-17-7-4-12-30-17/h1-3,5-6,8-11,13,17H,4,7,12,14H2,(H,24,26). The number of hydrogen-bond donors (Lipinski definition) is 1. The van der Waals surface area contributed by atoms with Gasteiger partial charge in [0.1, 0.15) is 12.4 Å². The molecule has 1 aromatic heterocycles. The molecule has 1 amide bonds. The molecule has 1 fully saturated rings. The number of nitrogens with one attached hydrogen (secondary N) is 1. The second kappa shape index (κ2) is 9.44. The number of benzene rings is 2. The van der Waals surface area contributed by atoms with Crippen LogP contribution in [0.15, 0.2) is 65.1 Å². The molecule has 164 valence electrons. The lowest BCUT2D eigenvalue weighted by Gasteiger charge is -2.12. The second-order valence-electron chi connectivity index (χ2n) is 7.20. The van der Waals surface area contributed by atoms with Crippen molar-refractivity contribution in [3.8, 4) is 11.3 Å². The highest BCUT2D eigenvalue weighted by molar-refractivity contribution is 6.06. The number of anilines is 1. The van der Waals surface area contributed by atoms with Crippen LogP contribution in [0.2, 0.25) is 0 Å². The molecular formula is C23H20N2O7. The van der Waals surface area contributed by atoms with Crippen LogP contribution in [0.25, 0.3) is 11.3 Å². The summed E-state index contributed by atoms with van der Waals surface area (Å²) in [6.07, 6.45) is 1.68. The van der Waals surface area contributed by atoms with E-state index >= 15 is 0 Å². The lowest BCUT2D eigenvalue weighted by molar-refractivity contribution is -0.384. The predicted molar refractivity (Wildman–Crippen MR) is 114 cm³/mol. The van der Waals surface area contributed by atoms with E-state index in [0.29, 0.717) is 17.9 Å². The molecule has 0 spiro atoms. The fourth-order valence-corrected chi connectivity index (χ4v) is 3.36. The normalized spacial score (nSPS) is 15.3. The molecule has 1 N–H and O–H groups in total. The molecule has 9 nitrogen and oxygen atoms in total. The van der Waals surface area contributed by atoms with E-state index in [1.807, 2.05) is 0 Å². The van der Waals surface area contributed by atoms with Crippen molar-refractivity contribution in [2.24, 2.45) is 0 Å². The number of furan rings is 1. The number of ether oxygens (including phenoxy) is 2. The zero-order valence-corrected chi connectivity index (χ0v) is 17.0. The Bertz CT molecular complexity index is 1150. The highest BCUT2D eigenvalue weighted by Gasteiger charge is 2.21. The largest absolute Gasteiger partial charge is 0.459 e. The Kier molecular flexibility index (Phi) is 6.27. The number of nitro groups is 1. The van der Waals surface area contributed by atoms with Crippen molar-refractivity contribution in [2.45, 2.75) is 18.9 Å². The number of esters is 1. The maximum absolute atomic E-state index is 12.7. The predicted octanol–water partition coefficient (Wildman–Crippen LogP) is 4.44. The average molecular weight is 436 g/mol. The fraction of sp³-hybridized carbons (Fsp3) is 0.217. The highest BCUT2D eigenvalue weighted by atomic mass is 16.6. The van der Waals surface area contributed by atoms with Crippen molar-refractivity contribution >= 4 is 23.3 Å². The lowest BCUT2D eigenvalue weighted by atomic mass is 10.1. The van der Waals surface area contributed by atoms with Crippen LogP contribution < -0.4 is 5.32 Å². The van der Waals surface area contributed by atoms with E-state index in [9.17, 15) is 19.7 Å². The van der Waals surface area contributed by atoms with Crippen LogP contribution in [0, 0.1) is 10.1 Å². The molecule has 0 radical (unpaired) electrons. The summed E-state index contributed by atoms with van der Waals surface area (Å²) in [6, 6.07) is 15.4. The number of nitro benzene ring substituents is 1. The third kappa shape index (κ3) is 4.84. The molecule has 1 unspecified atom stereocenters. The summed E-state index contributed by atoms with van der Waals surface area (Å²) in [6.45, 7) is 0.822. The van der Waals surface area contributed by atoms with Gasteiger partial charge in [-0.05, 0) is 37.1 Å². The summed E-state index contributed by atoms with van der Waals surface area (Å²) in [4.78, 5) is 35.7.